The minimum Gasteiger partial charge on any atom is -0.390 e. The number of aliphatic hydroxyl groups is 1. The molecule has 1 saturated heterocycles. The van der Waals surface area contributed by atoms with E-state index in [1.807, 2.05) is 0 Å². The lowest BCUT2D eigenvalue weighted by Crippen LogP contribution is -2.44. The van der Waals surface area contributed by atoms with Gasteiger partial charge in [-0.15, -0.1) is 0 Å². The van der Waals surface area contributed by atoms with Crippen LogP contribution in [0.1, 0.15) is 0 Å². The van der Waals surface area contributed by atoms with Crippen molar-refractivity contribution < 1.29 is 17.9 Å². The van der Waals surface area contributed by atoms with Crippen LogP contribution in [-0.4, -0.2) is 55.1 Å². The number of aliphatic hydroxyl groups excluding tert-OH is 1. The third-order valence-electron chi connectivity index (χ3n) is 2.97. The monoisotopic (exact) mass is 275 g/mol. The first kappa shape index (κ1) is 13.3. The molecule has 2 N–H and O–H groups in total. The molecule has 1 aliphatic heterocycles. The summed E-state index contributed by atoms with van der Waals surface area (Å²) < 4.78 is 38.5. The summed E-state index contributed by atoms with van der Waals surface area (Å²) in [7, 11) is -2.48. The molecule has 18 heavy (non-hydrogen) atoms. The SMILES string of the molecule is CN([C@@H]1CNC[C@H]1O)S(=O)(=O)c1cncc(F)c1. The lowest BCUT2D eigenvalue weighted by Gasteiger charge is -2.25. The number of hydrogen-bond acceptors (Lipinski definition) is 5. The van der Waals surface area contributed by atoms with Crippen molar-refractivity contribution >= 4 is 10.0 Å². The van der Waals surface area contributed by atoms with Crippen LogP contribution >= 0.6 is 0 Å². The zero-order valence-corrected chi connectivity index (χ0v) is 10.6. The molecule has 0 unspecified atom stereocenters. The fraction of sp³-hybridized carbons (Fsp3) is 0.500. The highest BCUT2D eigenvalue weighted by atomic mass is 32.2. The highest BCUT2D eigenvalue weighted by molar-refractivity contribution is 7.89. The van der Waals surface area contributed by atoms with Crippen molar-refractivity contribution in [2.24, 2.45) is 0 Å². The number of nitrogens with zero attached hydrogens (tertiary/aromatic N) is 2. The second-order valence-electron chi connectivity index (χ2n) is 4.15. The molecule has 1 aliphatic rings. The van der Waals surface area contributed by atoms with E-state index in [0.29, 0.717) is 13.1 Å². The van der Waals surface area contributed by atoms with Gasteiger partial charge in [-0.3, -0.25) is 4.98 Å². The van der Waals surface area contributed by atoms with Crippen LogP contribution in [0.15, 0.2) is 23.4 Å². The number of nitrogens with one attached hydrogen (secondary N) is 1. The highest BCUT2D eigenvalue weighted by Gasteiger charge is 2.35. The van der Waals surface area contributed by atoms with Crippen molar-refractivity contribution in [2.45, 2.75) is 17.0 Å². The molecular formula is C10H14FN3O3S. The summed E-state index contributed by atoms with van der Waals surface area (Å²) in [4.78, 5) is 3.30. The quantitative estimate of drug-likeness (QED) is 0.752. The van der Waals surface area contributed by atoms with Gasteiger partial charge < -0.3 is 10.4 Å². The molecular weight excluding hydrogens is 261 g/mol. The normalized spacial score (nSPS) is 24.7. The smallest absolute Gasteiger partial charge is 0.244 e. The van der Waals surface area contributed by atoms with Gasteiger partial charge in [-0.25, -0.2) is 12.8 Å². The van der Waals surface area contributed by atoms with Gasteiger partial charge in [0.1, 0.15) is 10.7 Å². The lowest BCUT2D eigenvalue weighted by atomic mass is 10.2. The van der Waals surface area contributed by atoms with Gasteiger partial charge in [-0.1, -0.05) is 0 Å². The molecule has 0 bridgehead atoms. The minimum absolute atomic E-state index is 0.218. The molecule has 0 aromatic carbocycles. The van der Waals surface area contributed by atoms with Gasteiger partial charge in [0.25, 0.3) is 0 Å². The zero-order chi connectivity index (χ0) is 13.3. The number of hydrogen-bond donors (Lipinski definition) is 2. The third kappa shape index (κ3) is 2.37. The van der Waals surface area contributed by atoms with Crippen LogP contribution in [-0.2, 0) is 10.0 Å². The molecule has 100 valence electrons. The predicted octanol–water partition coefficient (Wildman–Crippen LogP) is -0.826. The molecule has 0 amide bonds. The summed E-state index contributed by atoms with van der Waals surface area (Å²) in [5, 5.41) is 12.6. The van der Waals surface area contributed by atoms with E-state index in [1.54, 1.807) is 0 Å². The fourth-order valence-corrected chi connectivity index (χ4v) is 3.26. The summed E-state index contributed by atoms with van der Waals surface area (Å²) in [6.07, 6.45) is 1.25. The number of pyridine rings is 1. The van der Waals surface area contributed by atoms with Crippen LogP contribution in [0.3, 0.4) is 0 Å². The van der Waals surface area contributed by atoms with Crippen LogP contribution in [0.25, 0.3) is 0 Å². The van der Waals surface area contributed by atoms with Crippen molar-refractivity contribution in [1.82, 2.24) is 14.6 Å². The molecule has 0 spiro atoms. The van der Waals surface area contributed by atoms with E-state index in [-0.39, 0.29) is 4.90 Å². The third-order valence-corrected chi connectivity index (χ3v) is 4.82. The molecule has 0 radical (unpaired) electrons. The number of aromatic nitrogens is 1. The van der Waals surface area contributed by atoms with Crippen molar-refractivity contribution in [3.05, 3.63) is 24.3 Å². The van der Waals surface area contributed by atoms with Crippen molar-refractivity contribution in [1.29, 1.82) is 0 Å². The Kier molecular flexibility index (Phi) is 3.62. The van der Waals surface area contributed by atoms with E-state index in [4.69, 9.17) is 0 Å². The molecule has 2 rings (SSSR count). The molecule has 0 aliphatic carbocycles. The van der Waals surface area contributed by atoms with Crippen molar-refractivity contribution in [3.63, 3.8) is 0 Å². The number of halogens is 1. The van der Waals surface area contributed by atoms with E-state index in [2.05, 4.69) is 10.3 Å². The van der Waals surface area contributed by atoms with E-state index in [9.17, 15) is 17.9 Å². The second kappa shape index (κ2) is 4.88. The van der Waals surface area contributed by atoms with Gasteiger partial charge in [0, 0.05) is 26.3 Å². The topological polar surface area (TPSA) is 82.5 Å². The van der Waals surface area contributed by atoms with Crippen LogP contribution in [0.5, 0.6) is 0 Å². The molecule has 6 nitrogen and oxygen atoms in total. The molecule has 0 saturated carbocycles. The average Bonchev–Trinajstić information content (AvgIpc) is 2.74. The molecule has 2 atom stereocenters. The standard InChI is InChI=1S/C10H14FN3O3S/c1-14(9-5-13-6-10(9)15)18(16,17)8-2-7(11)3-12-4-8/h2-4,9-10,13,15H,5-6H2,1H3/t9-,10-/m1/s1. The summed E-state index contributed by atoms with van der Waals surface area (Å²) >= 11 is 0. The average molecular weight is 275 g/mol. The van der Waals surface area contributed by atoms with Gasteiger partial charge in [-0.05, 0) is 6.07 Å². The Labute approximate surface area is 105 Å². The Bertz CT molecular complexity index is 537. The van der Waals surface area contributed by atoms with Gasteiger partial charge in [0.05, 0.1) is 18.3 Å². The van der Waals surface area contributed by atoms with Crippen LogP contribution in [0.4, 0.5) is 4.39 Å². The molecule has 8 heteroatoms. The first-order chi connectivity index (χ1) is 8.43. The maximum absolute atomic E-state index is 13.0. The van der Waals surface area contributed by atoms with Crippen LogP contribution in [0.2, 0.25) is 0 Å². The first-order valence-corrected chi connectivity index (χ1v) is 6.84. The maximum Gasteiger partial charge on any atom is 0.244 e. The summed E-state index contributed by atoms with van der Waals surface area (Å²) in [6.45, 7) is 0.700. The van der Waals surface area contributed by atoms with E-state index >= 15 is 0 Å². The number of likely N-dealkylation sites (N-methyl/N-ethyl adjacent to an activating group) is 1. The molecule has 1 fully saturated rings. The van der Waals surface area contributed by atoms with Gasteiger partial charge in [0.15, 0.2) is 0 Å². The predicted molar refractivity (Wildman–Crippen MR) is 61.8 cm³/mol. The largest absolute Gasteiger partial charge is 0.390 e. The Balaban J connectivity index is 2.31. The van der Waals surface area contributed by atoms with Crippen molar-refractivity contribution in [2.75, 3.05) is 20.1 Å². The van der Waals surface area contributed by atoms with Crippen LogP contribution < -0.4 is 5.32 Å². The van der Waals surface area contributed by atoms with E-state index < -0.39 is 28.0 Å². The fourth-order valence-electron chi connectivity index (χ4n) is 1.90. The Morgan fingerprint density at radius 2 is 2.22 bits per heavy atom. The van der Waals surface area contributed by atoms with Gasteiger partial charge in [-0.2, -0.15) is 4.31 Å². The Hall–Kier alpha value is -1.09. The maximum atomic E-state index is 13.0. The van der Waals surface area contributed by atoms with Crippen LogP contribution in [0, 0.1) is 5.82 Å². The molecule has 2 heterocycles. The number of β-amino-alcohol motifs (C(OH)–C–C–N with tert-alkyl or cyclic N) is 1. The molecule has 1 aromatic heterocycles. The summed E-state index contributed by atoms with van der Waals surface area (Å²) in [5.41, 5.74) is 0. The van der Waals surface area contributed by atoms with Gasteiger partial charge >= 0.3 is 0 Å². The second-order valence-corrected chi connectivity index (χ2v) is 6.15. The van der Waals surface area contributed by atoms with Crippen molar-refractivity contribution in [3.8, 4) is 0 Å². The number of sulfonamides is 1. The Morgan fingerprint density at radius 1 is 1.50 bits per heavy atom. The summed E-state index contributed by atoms with van der Waals surface area (Å²) in [5.74, 6) is -0.713. The van der Waals surface area contributed by atoms with E-state index in [1.165, 1.54) is 7.05 Å². The van der Waals surface area contributed by atoms with Gasteiger partial charge in [0.2, 0.25) is 10.0 Å². The highest BCUT2D eigenvalue weighted by Crippen LogP contribution is 2.19. The van der Waals surface area contributed by atoms with E-state index in [0.717, 1.165) is 22.8 Å². The Morgan fingerprint density at radius 3 is 2.78 bits per heavy atom. The lowest BCUT2D eigenvalue weighted by molar-refractivity contribution is 0.136. The summed E-state index contributed by atoms with van der Waals surface area (Å²) in [6, 6.07) is 0.353. The first-order valence-electron chi connectivity index (χ1n) is 5.40. The minimum atomic E-state index is -3.85. The number of rotatable bonds is 3. The molecule has 1 aromatic rings. The zero-order valence-electron chi connectivity index (χ0n) is 9.75.